The fourth-order valence-corrected chi connectivity index (χ4v) is 5.30. The van der Waals surface area contributed by atoms with Gasteiger partial charge in [-0.3, -0.25) is 9.69 Å². The van der Waals surface area contributed by atoms with Crippen molar-refractivity contribution < 1.29 is 0 Å². The smallest absolute Gasteiger partial charge is 0.259 e. The molecule has 2 unspecified atom stereocenters. The lowest BCUT2D eigenvalue weighted by Gasteiger charge is -2.24. The van der Waals surface area contributed by atoms with Crippen molar-refractivity contribution in [1.82, 2.24) is 14.9 Å². The molecule has 3 aromatic rings. The third kappa shape index (κ3) is 3.68. The van der Waals surface area contributed by atoms with Crippen molar-refractivity contribution in [2.24, 2.45) is 5.92 Å². The quantitative estimate of drug-likeness (QED) is 0.672. The van der Waals surface area contributed by atoms with Gasteiger partial charge < -0.3 is 4.98 Å². The highest BCUT2D eigenvalue weighted by Crippen LogP contribution is 2.36. The number of thiophene rings is 1. The van der Waals surface area contributed by atoms with Crippen molar-refractivity contribution in [3.8, 4) is 0 Å². The average Bonchev–Trinajstić information content (AvgIpc) is 3.00. The maximum Gasteiger partial charge on any atom is 0.259 e. The molecule has 27 heavy (non-hydrogen) atoms. The Labute approximate surface area is 168 Å². The van der Waals surface area contributed by atoms with Crippen LogP contribution in [0.1, 0.15) is 48.1 Å². The number of aryl methyl sites for hydroxylation is 1. The fourth-order valence-electron chi connectivity index (χ4n) is 3.79. The van der Waals surface area contributed by atoms with E-state index in [2.05, 4.69) is 23.7 Å². The summed E-state index contributed by atoms with van der Waals surface area (Å²) in [6.07, 6.45) is 3.21. The second-order valence-electron chi connectivity index (χ2n) is 7.70. The van der Waals surface area contributed by atoms with Gasteiger partial charge in [0.05, 0.1) is 11.4 Å². The van der Waals surface area contributed by atoms with E-state index >= 15 is 0 Å². The summed E-state index contributed by atoms with van der Waals surface area (Å²) in [5, 5.41) is 1.56. The first-order valence-electron chi connectivity index (χ1n) is 9.41. The standard InChI is InChI=1S/C21H24ClN3OS/c1-12-4-9-16-17(10-12)27-21-18(16)20(26)23-19(24-21)13(2)25(3)11-14-5-7-15(22)8-6-14/h5-8,12-13H,4,9-11H2,1-3H3,(H,23,24,26). The highest BCUT2D eigenvalue weighted by atomic mass is 35.5. The number of hydrogen-bond donors (Lipinski definition) is 1. The van der Waals surface area contributed by atoms with Crippen LogP contribution in [0.25, 0.3) is 10.2 Å². The van der Waals surface area contributed by atoms with E-state index in [4.69, 9.17) is 16.6 Å². The first kappa shape index (κ1) is 18.7. The number of rotatable bonds is 4. The number of halogens is 1. The normalized spacial score (nSPS) is 18.0. The van der Waals surface area contributed by atoms with Crippen molar-refractivity contribution in [3.63, 3.8) is 0 Å². The molecular formula is C21H24ClN3OS. The summed E-state index contributed by atoms with van der Waals surface area (Å²) in [6, 6.07) is 7.87. The number of aromatic amines is 1. The van der Waals surface area contributed by atoms with E-state index in [-0.39, 0.29) is 11.6 Å². The molecule has 2 atom stereocenters. The van der Waals surface area contributed by atoms with E-state index in [0.29, 0.717) is 5.92 Å². The number of H-pyrrole nitrogens is 1. The Morgan fingerprint density at radius 1 is 1.37 bits per heavy atom. The van der Waals surface area contributed by atoms with Crippen molar-refractivity contribution in [2.45, 2.75) is 45.7 Å². The monoisotopic (exact) mass is 401 g/mol. The van der Waals surface area contributed by atoms with Crippen LogP contribution in [0.2, 0.25) is 5.02 Å². The first-order chi connectivity index (χ1) is 12.9. The van der Waals surface area contributed by atoms with Gasteiger partial charge in [0.15, 0.2) is 0 Å². The van der Waals surface area contributed by atoms with Gasteiger partial charge in [0.2, 0.25) is 0 Å². The van der Waals surface area contributed by atoms with Gasteiger partial charge in [0, 0.05) is 16.4 Å². The van der Waals surface area contributed by atoms with E-state index < -0.39 is 0 Å². The van der Waals surface area contributed by atoms with Crippen LogP contribution in [0.5, 0.6) is 0 Å². The van der Waals surface area contributed by atoms with Crippen LogP contribution in [0.15, 0.2) is 29.1 Å². The van der Waals surface area contributed by atoms with E-state index in [1.54, 1.807) is 11.3 Å². The van der Waals surface area contributed by atoms with Crippen LogP contribution >= 0.6 is 22.9 Å². The summed E-state index contributed by atoms with van der Waals surface area (Å²) < 4.78 is 0. The summed E-state index contributed by atoms with van der Waals surface area (Å²) in [5.74, 6) is 1.42. The second-order valence-corrected chi connectivity index (χ2v) is 9.22. The van der Waals surface area contributed by atoms with Crippen LogP contribution in [0, 0.1) is 5.92 Å². The maximum absolute atomic E-state index is 12.8. The molecule has 2 heterocycles. The topological polar surface area (TPSA) is 49.0 Å². The molecule has 1 aromatic carbocycles. The number of nitrogens with one attached hydrogen (secondary N) is 1. The van der Waals surface area contributed by atoms with Gasteiger partial charge >= 0.3 is 0 Å². The van der Waals surface area contributed by atoms with Gasteiger partial charge in [-0.05, 0) is 62.4 Å². The summed E-state index contributed by atoms with van der Waals surface area (Å²) in [7, 11) is 2.05. The third-order valence-corrected chi connectivity index (χ3v) is 6.99. The lowest BCUT2D eigenvalue weighted by Crippen LogP contribution is -2.26. The van der Waals surface area contributed by atoms with Crippen LogP contribution in [-0.2, 0) is 19.4 Å². The predicted octanol–water partition coefficient (Wildman–Crippen LogP) is 4.96. The number of benzene rings is 1. The van der Waals surface area contributed by atoms with Crippen LogP contribution in [0.3, 0.4) is 0 Å². The lowest BCUT2D eigenvalue weighted by atomic mass is 9.89. The van der Waals surface area contributed by atoms with Crippen molar-refractivity contribution in [2.75, 3.05) is 7.05 Å². The third-order valence-electron chi connectivity index (χ3n) is 5.59. The van der Waals surface area contributed by atoms with Crippen LogP contribution in [0.4, 0.5) is 0 Å². The van der Waals surface area contributed by atoms with Gasteiger partial charge in [-0.25, -0.2) is 4.98 Å². The van der Waals surface area contributed by atoms with Crippen LogP contribution in [-0.4, -0.2) is 21.9 Å². The number of fused-ring (bicyclic) bond motifs is 3. The minimum Gasteiger partial charge on any atom is -0.309 e. The first-order valence-corrected chi connectivity index (χ1v) is 10.6. The molecular weight excluding hydrogens is 378 g/mol. The van der Waals surface area contributed by atoms with Gasteiger partial charge in [0.25, 0.3) is 5.56 Å². The molecule has 0 fully saturated rings. The largest absolute Gasteiger partial charge is 0.309 e. The number of nitrogens with zero attached hydrogens (tertiary/aromatic N) is 2. The molecule has 4 nitrogen and oxygen atoms in total. The summed E-state index contributed by atoms with van der Waals surface area (Å²) in [4.78, 5) is 25.1. The van der Waals surface area contributed by atoms with Crippen molar-refractivity contribution in [3.05, 3.63) is 61.5 Å². The Kier molecular flexibility index (Phi) is 5.10. The Morgan fingerprint density at radius 3 is 2.85 bits per heavy atom. The summed E-state index contributed by atoms with van der Waals surface area (Å²) in [5.41, 5.74) is 2.42. The molecule has 0 radical (unpaired) electrons. The molecule has 0 saturated carbocycles. The van der Waals surface area contributed by atoms with E-state index in [0.717, 1.165) is 46.9 Å². The minimum absolute atomic E-state index is 0.00814. The molecule has 1 aliphatic rings. The molecule has 0 spiro atoms. The molecule has 0 aliphatic heterocycles. The lowest BCUT2D eigenvalue weighted by molar-refractivity contribution is 0.244. The van der Waals surface area contributed by atoms with Gasteiger partial charge in [-0.2, -0.15) is 0 Å². The molecule has 0 bridgehead atoms. The highest BCUT2D eigenvalue weighted by Gasteiger charge is 2.24. The van der Waals surface area contributed by atoms with Crippen LogP contribution < -0.4 is 5.56 Å². The SMILES string of the molecule is CC1CCc2c(sc3nc(C(C)N(C)Cc4ccc(Cl)cc4)[nH]c(=O)c23)C1. The molecule has 4 rings (SSSR count). The molecule has 0 amide bonds. The van der Waals surface area contributed by atoms with Gasteiger partial charge in [-0.15, -0.1) is 11.3 Å². The zero-order valence-corrected chi connectivity index (χ0v) is 17.5. The Morgan fingerprint density at radius 2 is 2.11 bits per heavy atom. The fraction of sp³-hybridized carbons (Fsp3) is 0.429. The predicted molar refractivity (Wildman–Crippen MR) is 113 cm³/mol. The average molecular weight is 402 g/mol. The Balaban J connectivity index is 1.63. The summed E-state index contributed by atoms with van der Waals surface area (Å²) in [6.45, 7) is 5.12. The van der Waals surface area contributed by atoms with E-state index in [9.17, 15) is 4.79 Å². The summed E-state index contributed by atoms with van der Waals surface area (Å²) >= 11 is 7.67. The highest BCUT2D eigenvalue weighted by molar-refractivity contribution is 7.18. The molecule has 2 aromatic heterocycles. The van der Waals surface area contributed by atoms with Gasteiger partial charge in [0.1, 0.15) is 10.7 Å². The second kappa shape index (κ2) is 7.38. The number of hydrogen-bond acceptors (Lipinski definition) is 4. The molecule has 142 valence electrons. The minimum atomic E-state index is 0.00814. The Bertz CT molecular complexity index is 1020. The van der Waals surface area contributed by atoms with Gasteiger partial charge in [-0.1, -0.05) is 30.7 Å². The number of aromatic nitrogens is 2. The molecule has 1 N–H and O–H groups in total. The van der Waals surface area contributed by atoms with E-state index in [1.165, 1.54) is 16.0 Å². The Hall–Kier alpha value is -1.69. The molecule has 1 aliphatic carbocycles. The van der Waals surface area contributed by atoms with Crippen molar-refractivity contribution in [1.29, 1.82) is 0 Å². The zero-order chi connectivity index (χ0) is 19.1. The maximum atomic E-state index is 12.8. The van der Waals surface area contributed by atoms with E-state index in [1.807, 2.05) is 31.3 Å². The molecule has 0 saturated heterocycles. The van der Waals surface area contributed by atoms with Crippen molar-refractivity contribution >= 4 is 33.2 Å². The molecule has 6 heteroatoms. The zero-order valence-electron chi connectivity index (χ0n) is 15.9.